The van der Waals surface area contributed by atoms with Crippen LogP contribution in [0.1, 0.15) is 34.8 Å². The Hall–Kier alpha value is -6.17. The van der Waals surface area contributed by atoms with Gasteiger partial charge in [0, 0.05) is 27.1 Å². The van der Waals surface area contributed by atoms with E-state index in [2.05, 4.69) is 20.9 Å². The zero-order valence-electron chi connectivity index (χ0n) is 29.7. The van der Waals surface area contributed by atoms with Crippen molar-refractivity contribution in [2.45, 2.75) is 30.1 Å². The van der Waals surface area contributed by atoms with Gasteiger partial charge in [-0.3, -0.25) is 14.4 Å². The number of carbonyl (C=O) groups excluding carboxylic acids is 3. The van der Waals surface area contributed by atoms with Crippen LogP contribution >= 0.6 is 23.1 Å². The Kier molecular flexibility index (Phi) is 12.9. The minimum Gasteiger partial charge on any atom is -0.496 e. The van der Waals surface area contributed by atoms with Gasteiger partial charge in [-0.15, -0.1) is 23.1 Å². The van der Waals surface area contributed by atoms with Crippen LogP contribution in [0.2, 0.25) is 0 Å². The molecule has 1 aromatic heterocycles. The number of aromatic nitrogens is 1. The van der Waals surface area contributed by atoms with E-state index >= 15 is 0 Å². The number of thiazole rings is 1. The standard InChI is InChI=1S/C43H38N4O5S2/c1-3-39(42(50)47-43-46-37(28-53-43)35-19-10-11-20-38(35)51-2)54-34-18-12-17-32(26-34)44-41(49)36(45-40(48)31-15-8-5-9-16-31)25-29-21-23-33(24-22-29)52-27-30-13-6-4-7-14-30/h4-26,28,39H,3,27H2,1-2H3,(H,44,49)(H,45,48)(H,46,47,50)/b36-25-. The summed E-state index contributed by atoms with van der Waals surface area (Å²) in [6.45, 7) is 2.37. The molecule has 1 unspecified atom stereocenters. The Morgan fingerprint density at radius 1 is 0.833 bits per heavy atom. The lowest BCUT2D eigenvalue weighted by atomic mass is 10.1. The molecule has 0 spiro atoms. The van der Waals surface area contributed by atoms with E-state index in [1.165, 1.54) is 23.1 Å². The Bertz CT molecular complexity index is 2220. The number of para-hydroxylation sites is 1. The molecule has 0 radical (unpaired) electrons. The zero-order valence-corrected chi connectivity index (χ0v) is 31.3. The SMILES string of the molecule is CCC(Sc1cccc(NC(=O)/C(=C/c2ccc(OCc3ccccc3)cc2)NC(=O)c2ccccc2)c1)C(=O)Nc1nc(-c2ccccc2OC)cs1. The Morgan fingerprint density at radius 2 is 1.56 bits per heavy atom. The number of thioether (sulfide) groups is 1. The smallest absolute Gasteiger partial charge is 0.272 e. The van der Waals surface area contributed by atoms with E-state index in [-0.39, 0.29) is 11.6 Å². The van der Waals surface area contributed by atoms with Crippen molar-refractivity contribution in [1.82, 2.24) is 10.3 Å². The highest BCUT2D eigenvalue weighted by Crippen LogP contribution is 2.33. The van der Waals surface area contributed by atoms with Gasteiger partial charge in [0.05, 0.1) is 18.1 Å². The average molecular weight is 755 g/mol. The molecule has 6 rings (SSSR count). The van der Waals surface area contributed by atoms with Crippen molar-refractivity contribution in [2.75, 3.05) is 17.7 Å². The number of ether oxygens (including phenoxy) is 2. The topological polar surface area (TPSA) is 119 Å². The highest BCUT2D eigenvalue weighted by molar-refractivity contribution is 8.00. The number of methoxy groups -OCH3 is 1. The van der Waals surface area contributed by atoms with Crippen molar-refractivity contribution in [3.05, 3.63) is 161 Å². The van der Waals surface area contributed by atoms with Gasteiger partial charge in [-0.1, -0.05) is 85.8 Å². The predicted molar refractivity (Wildman–Crippen MR) is 217 cm³/mol. The van der Waals surface area contributed by atoms with Crippen molar-refractivity contribution < 1.29 is 23.9 Å². The largest absolute Gasteiger partial charge is 0.496 e. The first kappa shape index (κ1) is 37.6. The van der Waals surface area contributed by atoms with E-state index in [0.29, 0.717) is 46.5 Å². The van der Waals surface area contributed by atoms with E-state index in [0.717, 1.165) is 21.7 Å². The molecule has 0 saturated carbocycles. The number of nitrogens with one attached hydrogen (secondary N) is 3. The first-order valence-electron chi connectivity index (χ1n) is 17.2. The normalized spacial score (nSPS) is 11.6. The molecular weight excluding hydrogens is 717 g/mol. The van der Waals surface area contributed by atoms with Crippen LogP contribution in [0.15, 0.2) is 149 Å². The van der Waals surface area contributed by atoms with Gasteiger partial charge < -0.3 is 25.4 Å². The molecule has 0 aliphatic carbocycles. The van der Waals surface area contributed by atoms with Crippen LogP contribution in [-0.2, 0) is 16.2 Å². The van der Waals surface area contributed by atoms with Crippen LogP contribution in [0.3, 0.4) is 0 Å². The van der Waals surface area contributed by atoms with Crippen LogP contribution in [0.4, 0.5) is 10.8 Å². The third kappa shape index (κ3) is 10.2. The fraction of sp³-hybridized carbons (Fsp3) is 0.116. The van der Waals surface area contributed by atoms with Crippen LogP contribution in [0.25, 0.3) is 17.3 Å². The molecule has 54 heavy (non-hydrogen) atoms. The molecule has 5 aromatic carbocycles. The second-order valence-corrected chi connectivity index (χ2v) is 14.1. The molecule has 11 heteroatoms. The highest BCUT2D eigenvalue weighted by atomic mass is 32.2. The van der Waals surface area contributed by atoms with Crippen LogP contribution < -0.4 is 25.4 Å². The average Bonchev–Trinajstić information content (AvgIpc) is 3.68. The van der Waals surface area contributed by atoms with Crippen LogP contribution in [0, 0.1) is 0 Å². The fourth-order valence-electron chi connectivity index (χ4n) is 5.34. The zero-order chi connectivity index (χ0) is 37.7. The summed E-state index contributed by atoms with van der Waals surface area (Å²) in [6, 6.07) is 40.7. The molecule has 6 aromatic rings. The van der Waals surface area contributed by atoms with E-state index in [1.54, 1.807) is 49.6 Å². The Balaban J connectivity index is 1.13. The summed E-state index contributed by atoms with van der Waals surface area (Å²) in [6.07, 6.45) is 2.18. The first-order chi connectivity index (χ1) is 26.4. The Labute approximate surface area is 322 Å². The molecule has 3 N–H and O–H groups in total. The molecule has 0 bridgehead atoms. The van der Waals surface area contributed by atoms with Crippen molar-refractivity contribution in [2.24, 2.45) is 0 Å². The number of nitrogens with zero attached hydrogens (tertiary/aromatic N) is 1. The summed E-state index contributed by atoms with van der Waals surface area (Å²) >= 11 is 2.73. The first-order valence-corrected chi connectivity index (χ1v) is 19.0. The van der Waals surface area contributed by atoms with E-state index in [1.807, 2.05) is 109 Å². The maximum absolute atomic E-state index is 13.8. The molecule has 272 valence electrons. The van der Waals surface area contributed by atoms with Crippen LogP contribution in [0.5, 0.6) is 11.5 Å². The van der Waals surface area contributed by atoms with E-state index in [4.69, 9.17) is 9.47 Å². The minimum absolute atomic E-state index is 0.0571. The second kappa shape index (κ2) is 18.5. The molecule has 0 fully saturated rings. The third-order valence-electron chi connectivity index (χ3n) is 8.12. The number of rotatable bonds is 15. The van der Waals surface area contributed by atoms with Crippen LogP contribution in [-0.4, -0.2) is 35.1 Å². The molecule has 1 atom stereocenters. The summed E-state index contributed by atoms with van der Waals surface area (Å²) in [5, 5.41) is 10.6. The van der Waals surface area contributed by atoms with Crippen molar-refractivity contribution in [1.29, 1.82) is 0 Å². The molecule has 3 amide bonds. The van der Waals surface area contributed by atoms with Gasteiger partial charge in [-0.2, -0.15) is 0 Å². The quantitative estimate of drug-likeness (QED) is 0.0707. The van der Waals surface area contributed by atoms with Gasteiger partial charge >= 0.3 is 0 Å². The summed E-state index contributed by atoms with van der Waals surface area (Å²) < 4.78 is 11.4. The minimum atomic E-state index is -0.509. The number of amides is 3. The summed E-state index contributed by atoms with van der Waals surface area (Å²) in [5.74, 6) is 0.271. The Morgan fingerprint density at radius 3 is 2.30 bits per heavy atom. The van der Waals surface area contributed by atoms with Gasteiger partial charge in [0.1, 0.15) is 23.8 Å². The molecule has 9 nitrogen and oxygen atoms in total. The highest BCUT2D eigenvalue weighted by Gasteiger charge is 2.21. The number of hydrogen-bond donors (Lipinski definition) is 3. The monoisotopic (exact) mass is 754 g/mol. The fourth-order valence-corrected chi connectivity index (χ4v) is 7.07. The number of benzene rings is 5. The van der Waals surface area contributed by atoms with E-state index in [9.17, 15) is 14.4 Å². The molecular formula is C43H38N4O5S2. The number of hydrogen-bond acceptors (Lipinski definition) is 8. The van der Waals surface area contributed by atoms with Gasteiger partial charge in [0.25, 0.3) is 11.8 Å². The van der Waals surface area contributed by atoms with Crippen molar-refractivity contribution in [3.8, 4) is 22.8 Å². The summed E-state index contributed by atoms with van der Waals surface area (Å²) in [7, 11) is 1.61. The lowest BCUT2D eigenvalue weighted by molar-refractivity contribution is -0.116. The number of anilines is 2. The number of carbonyl (C=O) groups is 3. The lowest BCUT2D eigenvalue weighted by Crippen LogP contribution is -2.30. The van der Waals surface area contributed by atoms with Crippen molar-refractivity contribution >= 4 is 57.7 Å². The predicted octanol–water partition coefficient (Wildman–Crippen LogP) is 9.32. The summed E-state index contributed by atoms with van der Waals surface area (Å²) in [4.78, 5) is 45.7. The lowest BCUT2D eigenvalue weighted by Gasteiger charge is -2.15. The molecule has 0 saturated heterocycles. The van der Waals surface area contributed by atoms with Gasteiger partial charge in [-0.05, 0) is 78.2 Å². The van der Waals surface area contributed by atoms with Gasteiger partial charge in [-0.25, -0.2) is 4.98 Å². The van der Waals surface area contributed by atoms with E-state index < -0.39 is 17.1 Å². The second-order valence-electron chi connectivity index (χ2n) is 11.9. The maximum atomic E-state index is 13.8. The molecule has 0 aliphatic rings. The van der Waals surface area contributed by atoms with Gasteiger partial charge in [0.2, 0.25) is 5.91 Å². The van der Waals surface area contributed by atoms with Gasteiger partial charge in [0.15, 0.2) is 5.13 Å². The summed E-state index contributed by atoms with van der Waals surface area (Å²) in [5.41, 5.74) is 4.28. The maximum Gasteiger partial charge on any atom is 0.272 e. The molecule has 0 aliphatic heterocycles. The van der Waals surface area contributed by atoms with Crippen molar-refractivity contribution in [3.63, 3.8) is 0 Å². The molecule has 1 heterocycles. The third-order valence-corrected chi connectivity index (χ3v) is 10.2.